The summed E-state index contributed by atoms with van der Waals surface area (Å²) in [4.78, 5) is 10.7. The Morgan fingerprint density at radius 3 is 2.07 bits per heavy atom. The molecule has 0 fully saturated rings. The molecule has 0 saturated carbocycles. The van der Waals surface area contributed by atoms with Crippen molar-refractivity contribution in [2.24, 2.45) is 0 Å². The summed E-state index contributed by atoms with van der Waals surface area (Å²) in [6, 6.07) is 2.12. The third kappa shape index (κ3) is 2.14. The highest BCUT2D eigenvalue weighted by Crippen LogP contribution is 2.29. The van der Waals surface area contributed by atoms with Crippen molar-refractivity contribution in [3.63, 3.8) is 0 Å². The SMILES string of the molecule is COc1cc(F)c(C(C)(C)C=O)c(F)c1. The van der Waals surface area contributed by atoms with Gasteiger partial charge in [-0.15, -0.1) is 0 Å². The second-order valence-corrected chi connectivity index (χ2v) is 3.81. The number of benzene rings is 1. The Morgan fingerprint density at radius 1 is 1.27 bits per heavy atom. The summed E-state index contributed by atoms with van der Waals surface area (Å²) in [5.74, 6) is -1.46. The van der Waals surface area contributed by atoms with Crippen LogP contribution in [0.3, 0.4) is 0 Å². The predicted octanol–water partition coefficient (Wildman–Crippen LogP) is 2.45. The molecule has 1 aromatic carbocycles. The van der Waals surface area contributed by atoms with Crippen LogP contribution in [-0.2, 0) is 10.2 Å². The van der Waals surface area contributed by atoms with Crippen molar-refractivity contribution >= 4 is 6.29 Å². The number of hydrogen-bond donors (Lipinski definition) is 0. The predicted molar refractivity (Wildman–Crippen MR) is 52.0 cm³/mol. The van der Waals surface area contributed by atoms with E-state index in [-0.39, 0.29) is 11.3 Å². The molecule has 0 atom stereocenters. The molecule has 0 aromatic heterocycles. The van der Waals surface area contributed by atoms with Crippen LogP contribution in [0.2, 0.25) is 0 Å². The zero-order valence-electron chi connectivity index (χ0n) is 8.80. The number of ether oxygens (including phenoxy) is 1. The van der Waals surface area contributed by atoms with E-state index in [4.69, 9.17) is 4.74 Å². The average molecular weight is 214 g/mol. The van der Waals surface area contributed by atoms with E-state index in [9.17, 15) is 13.6 Å². The van der Waals surface area contributed by atoms with Crippen LogP contribution in [0.1, 0.15) is 19.4 Å². The highest BCUT2D eigenvalue weighted by atomic mass is 19.1. The normalized spacial score (nSPS) is 11.3. The molecule has 0 amide bonds. The maximum atomic E-state index is 13.5. The molecule has 1 rings (SSSR count). The fourth-order valence-corrected chi connectivity index (χ4v) is 1.34. The molecule has 4 heteroatoms. The summed E-state index contributed by atoms with van der Waals surface area (Å²) in [7, 11) is 1.32. The highest BCUT2D eigenvalue weighted by Gasteiger charge is 2.28. The Bertz CT molecular complexity index is 363. The summed E-state index contributed by atoms with van der Waals surface area (Å²) in [6.45, 7) is 2.90. The first-order valence-corrected chi connectivity index (χ1v) is 4.42. The lowest BCUT2D eigenvalue weighted by molar-refractivity contribution is -0.111. The van der Waals surface area contributed by atoms with Crippen LogP contribution >= 0.6 is 0 Å². The van der Waals surface area contributed by atoms with Gasteiger partial charge in [-0.2, -0.15) is 0 Å². The van der Waals surface area contributed by atoms with E-state index < -0.39 is 17.0 Å². The first kappa shape index (κ1) is 11.6. The van der Waals surface area contributed by atoms with Crippen LogP contribution in [-0.4, -0.2) is 13.4 Å². The Hall–Kier alpha value is -1.45. The van der Waals surface area contributed by atoms with Gasteiger partial charge in [-0.25, -0.2) is 8.78 Å². The minimum atomic E-state index is -1.18. The monoisotopic (exact) mass is 214 g/mol. The Kier molecular flexibility index (Phi) is 3.07. The van der Waals surface area contributed by atoms with Crippen molar-refractivity contribution in [2.45, 2.75) is 19.3 Å². The van der Waals surface area contributed by atoms with Gasteiger partial charge in [0.05, 0.1) is 12.5 Å². The number of hydrogen-bond acceptors (Lipinski definition) is 2. The van der Waals surface area contributed by atoms with E-state index >= 15 is 0 Å². The lowest BCUT2D eigenvalue weighted by Crippen LogP contribution is -2.22. The topological polar surface area (TPSA) is 26.3 Å². The molecular formula is C11H12F2O2. The number of aldehydes is 1. The number of rotatable bonds is 3. The van der Waals surface area contributed by atoms with Crippen LogP contribution < -0.4 is 4.74 Å². The minimum Gasteiger partial charge on any atom is -0.497 e. The van der Waals surface area contributed by atoms with Crippen LogP contribution in [0.5, 0.6) is 5.75 Å². The second kappa shape index (κ2) is 3.96. The lowest BCUT2D eigenvalue weighted by atomic mass is 9.85. The van der Waals surface area contributed by atoms with Gasteiger partial charge in [0.25, 0.3) is 0 Å². The standard InChI is InChI=1S/C11H12F2O2/c1-11(2,6-14)10-8(12)4-7(15-3)5-9(10)13/h4-6H,1-3H3. The molecule has 0 aliphatic heterocycles. The zero-order chi connectivity index (χ0) is 11.6. The Labute approximate surface area is 86.9 Å². The quantitative estimate of drug-likeness (QED) is 0.722. The summed E-state index contributed by atoms with van der Waals surface area (Å²) in [6.07, 6.45) is 0.515. The Balaban J connectivity index is 3.37. The maximum absolute atomic E-state index is 13.5. The molecule has 0 unspecified atom stereocenters. The van der Waals surface area contributed by atoms with E-state index in [1.54, 1.807) is 0 Å². The fourth-order valence-electron chi connectivity index (χ4n) is 1.34. The van der Waals surface area contributed by atoms with Gasteiger partial charge in [-0.05, 0) is 13.8 Å². The maximum Gasteiger partial charge on any atom is 0.134 e. The highest BCUT2D eigenvalue weighted by molar-refractivity contribution is 5.67. The first-order chi connectivity index (χ1) is 6.92. The lowest BCUT2D eigenvalue weighted by Gasteiger charge is -2.19. The fraction of sp³-hybridized carbons (Fsp3) is 0.364. The van der Waals surface area contributed by atoms with Crippen LogP contribution in [0.4, 0.5) is 8.78 Å². The van der Waals surface area contributed by atoms with Crippen LogP contribution in [0.15, 0.2) is 12.1 Å². The van der Waals surface area contributed by atoms with Crippen LogP contribution in [0.25, 0.3) is 0 Å². The van der Waals surface area contributed by atoms with E-state index in [2.05, 4.69) is 0 Å². The van der Waals surface area contributed by atoms with Gasteiger partial charge in [-0.3, -0.25) is 0 Å². The third-order valence-electron chi connectivity index (χ3n) is 2.19. The Morgan fingerprint density at radius 2 is 1.73 bits per heavy atom. The molecular weight excluding hydrogens is 202 g/mol. The van der Waals surface area contributed by atoms with Gasteiger partial charge < -0.3 is 9.53 Å². The number of carbonyl (C=O) groups is 1. The largest absolute Gasteiger partial charge is 0.497 e. The third-order valence-corrected chi connectivity index (χ3v) is 2.19. The van der Waals surface area contributed by atoms with E-state index in [0.717, 1.165) is 12.1 Å². The van der Waals surface area contributed by atoms with Crippen molar-refractivity contribution in [1.29, 1.82) is 0 Å². The molecule has 0 N–H and O–H groups in total. The second-order valence-electron chi connectivity index (χ2n) is 3.81. The van der Waals surface area contributed by atoms with Gasteiger partial charge in [0.1, 0.15) is 23.7 Å². The summed E-state index contributed by atoms with van der Waals surface area (Å²) < 4.78 is 31.7. The summed E-state index contributed by atoms with van der Waals surface area (Å²) in [5.41, 5.74) is -1.42. The van der Waals surface area contributed by atoms with Crippen molar-refractivity contribution in [1.82, 2.24) is 0 Å². The van der Waals surface area contributed by atoms with E-state index in [1.807, 2.05) is 0 Å². The van der Waals surface area contributed by atoms with E-state index in [0.29, 0.717) is 6.29 Å². The van der Waals surface area contributed by atoms with Crippen molar-refractivity contribution < 1.29 is 18.3 Å². The minimum absolute atomic E-state index is 0.0930. The number of carbonyl (C=O) groups excluding carboxylic acids is 1. The number of halogens is 2. The molecule has 0 spiro atoms. The van der Waals surface area contributed by atoms with Gasteiger partial charge in [0.2, 0.25) is 0 Å². The molecule has 0 aliphatic rings. The van der Waals surface area contributed by atoms with Gasteiger partial charge in [0, 0.05) is 17.7 Å². The smallest absolute Gasteiger partial charge is 0.134 e. The molecule has 1 aromatic rings. The zero-order valence-corrected chi connectivity index (χ0v) is 8.80. The van der Waals surface area contributed by atoms with Crippen molar-refractivity contribution in [3.05, 3.63) is 29.3 Å². The summed E-state index contributed by atoms with van der Waals surface area (Å²) >= 11 is 0. The molecule has 0 bridgehead atoms. The van der Waals surface area contributed by atoms with Gasteiger partial charge >= 0.3 is 0 Å². The summed E-state index contributed by atoms with van der Waals surface area (Å²) in [5, 5.41) is 0. The molecule has 0 radical (unpaired) electrons. The molecule has 0 heterocycles. The first-order valence-electron chi connectivity index (χ1n) is 4.42. The van der Waals surface area contributed by atoms with Crippen molar-refractivity contribution in [3.8, 4) is 5.75 Å². The van der Waals surface area contributed by atoms with Gasteiger partial charge in [-0.1, -0.05) is 0 Å². The number of methoxy groups -OCH3 is 1. The molecule has 0 saturated heterocycles. The van der Waals surface area contributed by atoms with E-state index in [1.165, 1.54) is 21.0 Å². The molecule has 2 nitrogen and oxygen atoms in total. The van der Waals surface area contributed by atoms with Crippen LogP contribution in [0, 0.1) is 11.6 Å². The molecule has 0 aliphatic carbocycles. The molecule has 15 heavy (non-hydrogen) atoms. The van der Waals surface area contributed by atoms with Gasteiger partial charge in [0.15, 0.2) is 0 Å². The van der Waals surface area contributed by atoms with Crippen molar-refractivity contribution in [2.75, 3.05) is 7.11 Å². The molecule has 82 valence electrons. The average Bonchev–Trinajstić information content (AvgIpc) is 2.16.